The standard InChI is InChI=1S/C10H16N4.2ClH/c1-7(2)14-4-3-8-9(6-14)13-10(11)5-12-8;;/h5,7H,3-4,6H2,1-2H3,(H2,11,13);2*1H. The Morgan fingerprint density at radius 2 is 2.00 bits per heavy atom. The van der Waals surface area contributed by atoms with Crippen LogP contribution in [0.3, 0.4) is 0 Å². The van der Waals surface area contributed by atoms with Gasteiger partial charge in [-0.2, -0.15) is 0 Å². The molecule has 92 valence electrons. The lowest BCUT2D eigenvalue weighted by atomic mass is 10.1. The van der Waals surface area contributed by atoms with Crippen molar-refractivity contribution < 1.29 is 0 Å². The summed E-state index contributed by atoms with van der Waals surface area (Å²) in [4.78, 5) is 11.0. The van der Waals surface area contributed by atoms with Gasteiger partial charge in [-0.25, -0.2) is 4.98 Å². The topological polar surface area (TPSA) is 55.0 Å². The molecule has 2 heterocycles. The molecule has 6 heteroatoms. The summed E-state index contributed by atoms with van der Waals surface area (Å²) in [7, 11) is 0. The molecule has 0 fully saturated rings. The van der Waals surface area contributed by atoms with Crippen molar-refractivity contribution in [2.45, 2.75) is 32.9 Å². The zero-order valence-corrected chi connectivity index (χ0v) is 11.1. The molecule has 0 atom stereocenters. The van der Waals surface area contributed by atoms with Crippen molar-refractivity contribution in [3.63, 3.8) is 0 Å². The molecule has 2 N–H and O–H groups in total. The van der Waals surface area contributed by atoms with Crippen LogP contribution < -0.4 is 5.73 Å². The van der Waals surface area contributed by atoms with E-state index < -0.39 is 0 Å². The fourth-order valence-electron chi connectivity index (χ4n) is 1.76. The highest BCUT2D eigenvalue weighted by atomic mass is 35.5. The Balaban J connectivity index is 0.00000112. The van der Waals surface area contributed by atoms with E-state index in [1.54, 1.807) is 6.20 Å². The second kappa shape index (κ2) is 6.23. The molecule has 4 nitrogen and oxygen atoms in total. The third-order valence-electron chi connectivity index (χ3n) is 2.67. The molecule has 0 spiro atoms. The van der Waals surface area contributed by atoms with Gasteiger partial charge < -0.3 is 5.73 Å². The summed E-state index contributed by atoms with van der Waals surface area (Å²) >= 11 is 0. The normalized spacial score (nSPS) is 14.9. The minimum absolute atomic E-state index is 0. The van der Waals surface area contributed by atoms with Crippen LogP contribution in [0.1, 0.15) is 25.2 Å². The molecule has 0 radical (unpaired) electrons. The quantitative estimate of drug-likeness (QED) is 0.839. The molecule has 1 aromatic heterocycles. The van der Waals surface area contributed by atoms with Gasteiger partial charge in [0.05, 0.1) is 17.6 Å². The Morgan fingerprint density at radius 1 is 1.31 bits per heavy atom. The SMILES string of the molecule is CC(C)N1CCc2ncc(N)nc2C1.Cl.Cl. The van der Waals surface area contributed by atoms with Gasteiger partial charge in [0.15, 0.2) is 0 Å². The Morgan fingerprint density at radius 3 is 2.62 bits per heavy atom. The van der Waals surface area contributed by atoms with Gasteiger partial charge in [-0.3, -0.25) is 9.88 Å². The number of halogens is 2. The molecule has 16 heavy (non-hydrogen) atoms. The molecule has 0 aromatic carbocycles. The first-order chi connectivity index (χ1) is 6.66. The summed E-state index contributed by atoms with van der Waals surface area (Å²) in [5.74, 6) is 0.523. The summed E-state index contributed by atoms with van der Waals surface area (Å²) in [5.41, 5.74) is 7.77. The molecule has 0 saturated carbocycles. The zero-order chi connectivity index (χ0) is 10.1. The highest BCUT2D eigenvalue weighted by molar-refractivity contribution is 5.85. The van der Waals surface area contributed by atoms with Gasteiger partial charge in [-0.15, -0.1) is 24.8 Å². The molecule has 0 bridgehead atoms. The van der Waals surface area contributed by atoms with E-state index >= 15 is 0 Å². The fourth-order valence-corrected chi connectivity index (χ4v) is 1.76. The molecule has 1 aromatic rings. The molecular weight excluding hydrogens is 247 g/mol. The molecule has 0 aliphatic carbocycles. The van der Waals surface area contributed by atoms with E-state index in [0.29, 0.717) is 11.9 Å². The molecule has 0 saturated heterocycles. The maximum absolute atomic E-state index is 5.61. The van der Waals surface area contributed by atoms with Crippen LogP contribution in [-0.4, -0.2) is 27.5 Å². The van der Waals surface area contributed by atoms with Crippen molar-refractivity contribution in [3.8, 4) is 0 Å². The number of aromatic nitrogens is 2. The van der Waals surface area contributed by atoms with Crippen LogP contribution in [0.2, 0.25) is 0 Å². The average molecular weight is 265 g/mol. The van der Waals surface area contributed by atoms with Crippen LogP contribution in [0.25, 0.3) is 0 Å². The van der Waals surface area contributed by atoms with Crippen LogP contribution in [0.5, 0.6) is 0 Å². The number of anilines is 1. The third kappa shape index (κ3) is 3.20. The van der Waals surface area contributed by atoms with Gasteiger partial charge in [0.25, 0.3) is 0 Å². The first kappa shape index (κ1) is 15.4. The van der Waals surface area contributed by atoms with Crippen LogP contribution in [0.15, 0.2) is 6.20 Å². The number of nitrogens with zero attached hydrogens (tertiary/aromatic N) is 3. The highest BCUT2D eigenvalue weighted by Crippen LogP contribution is 2.17. The van der Waals surface area contributed by atoms with Crippen molar-refractivity contribution >= 4 is 30.6 Å². The lowest BCUT2D eigenvalue weighted by Crippen LogP contribution is -2.36. The van der Waals surface area contributed by atoms with Crippen LogP contribution >= 0.6 is 24.8 Å². The van der Waals surface area contributed by atoms with Gasteiger partial charge in [0.2, 0.25) is 0 Å². The summed E-state index contributed by atoms with van der Waals surface area (Å²) in [6.45, 7) is 6.35. The number of fused-ring (bicyclic) bond motifs is 1. The van der Waals surface area contributed by atoms with Crippen LogP contribution in [-0.2, 0) is 13.0 Å². The number of hydrogen-bond acceptors (Lipinski definition) is 4. The Kier molecular flexibility index (Phi) is 6.00. The van der Waals surface area contributed by atoms with E-state index in [1.807, 2.05) is 0 Å². The molecule has 2 rings (SSSR count). The van der Waals surface area contributed by atoms with E-state index in [1.165, 1.54) is 0 Å². The summed E-state index contributed by atoms with van der Waals surface area (Å²) in [6.07, 6.45) is 2.63. The Hall–Kier alpha value is -0.580. The minimum Gasteiger partial charge on any atom is -0.382 e. The maximum atomic E-state index is 5.61. The van der Waals surface area contributed by atoms with Crippen molar-refractivity contribution in [3.05, 3.63) is 17.6 Å². The van der Waals surface area contributed by atoms with Gasteiger partial charge >= 0.3 is 0 Å². The van der Waals surface area contributed by atoms with E-state index in [4.69, 9.17) is 5.73 Å². The number of rotatable bonds is 1. The molecule has 0 unspecified atom stereocenters. The van der Waals surface area contributed by atoms with E-state index in [2.05, 4.69) is 28.7 Å². The molecular formula is C10H18Cl2N4. The first-order valence-corrected chi connectivity index (χ1v) is 5.01. The van der Waals surface area contributed by atoms with Gasteiger partial charge in [0, 0.05) is 25.6 Å². The lowest BCUT2D eigenvalue weighted by molar-refractivity contribution is 0.198. The molecule has 1 aliphatic heterocycles. The molecule has 1 aliphatic rings. The lowest BCUT2D eigenvalue weighted by Gasteiger charge is -2.30. The van der Waals surface area contributed by atoms with Gasteiger partial charge in [-0.05, 0) is 13.8 Å². The van der Waals surface area contributed by atoms with E-state index in [0.717, 1.165) is 30.9 Å². The highest BCUT2D eigenvalue weighted by Gasteiger charge is 2.20. The second-order valence-corrected chi connectivity index (χ2v) is 4.00. The zero-order valence-electron chi connectivity index (χ0n) is 9.51. The largest absolute Gasteiger partial charge is 0.382 e. The smallest absolute Gasteiger partial charge is 0.142 e. The Labute approximate surface area is 108 Å². The Bertz CT molecular complexity index is 344. The average Bonchev–Trinajstić information content (AvgIpc) is 2.16. The van der Waals surface area contributed by atoms with E-state index in [-0.39, 0.29) is 24.8 Å². The van der Waals surface area contributed by atoms with Crippen molar-refractivity contribution in [2.24, 2.45) is 0 Å². The first-order valence-electron chi connectivity index (χ1n) is 5.01. The fraction of sp³-hybridized carbons (Fsp3) is 0.600. The van der Waals surface area contributed by atoms with Gasteiger partial charge in [-0.1, -0.05) is 0 Å². The predicted octanol–water partition coefficient (Wildman–Crippen LogP) is 1.67. The minimum atomic E-state index is 0. The second-order valence-electron chi connectivity index (χ2n) is 4.00. The van der Waals surface area contributed by atoms with Crippen LogP contribution in [0, 0.1) is 0 Å². The van der Waals surface area contributed by atoms with Crippen molar-refractivity contribution in [1.82, 2.24) is 14.9 Å². The van der Waals surface area contributed by atoms with Gasteiger partial charge in [0.1, 0.15) is 5.82 Å². The van der Waals surface area contributed by atoms with E-state index in [9.17, 15) is 0 Å². The van der Waals surface area contributed by atoms with Crippen molar-refractivity contribution in [1.29, 1.82) is 0 Å². The molecule has 0 amide bonds. The predicted molar refractivity (Wildman–Crippen MR) is 70.2 cm³/mol. The number of hydrogen-bond donors (Lipinski definition) is 1. The summed E-state index contributed by atoms with van der Waals surface area (Å²) < 4.78 is 0. The van der Waals surface area contributed by atoms with Crippen molar-refractivity contribution in [2.75, 3.05) is 12.3 Å². The van der Waals surface area contributed by atoms with Crippen LogP contribution in [0.4, 0.5) is 5.82 Å². The maximum Gasteiger partial charge on any atom is 0.142 e. The summed E-state index contributed by atoms with van der Waals surface area (Å²) in [5, 5.41) is 0. The third-order valence-corrected chi connectivity index (χ3v) is 2.67. The summed E-state index contributed by atoms with van der Waals surface area (Å²) in [6, 6.07) is 0.561. The number of nitrogen functional groups attached to an aromatic ring is 1. The monoisotopic (exact) mass is 264 g/mol. The number of nitrogens with two attached hydrogens (primary N) is 1.